The van der Waals surface area contributed by atoms with Crippen molar-refractivity contribution in [1.29, 1.82) is 0 Å². The van der Waals surface area contributed by atoms with Crippen LogP contribution in [0, 0.1) is 5.82 Å². The van der Waals surface area contributed by atoms with Crippen LogP contribution in [0.3, 0.4) is 0 Å². The van der Waals surface area contributed by atoms with Gasteiger partial charge in [-0.3, -0.25) is 9.59 Å². The number of hydrogen-bond acceptors (Lipinski definition) is 5. The summed E-state index contributed by atoms with van der Waals surface area (Å²) in [6.07, 6.45) is 2.13. The molecule has 0 unspecified atom stereocenters. The minimum absolute atomic E-state index is 0.0979. The van der Waals surface area contributed by atoms with Gasteiger partial charge in [0.05, 0.1) is 15.8 Å². The molecule has 2 N–H and O–H groups in total. The lowest BCUT2D eigenvalue weighted by atomic mass is 10.2. The second-order valence-corrected chi connectivity index (χ2v) is 8.53. The highest BCUT2D eigenvalue weighted by Crippen LogP contribution is 2.22. The molecule has 11 heteroatoms. The summed E-state index contributed by atoms with van der Waals surface area (Å²) >= 11 is 13.1. The van der Waals surface area contributed by atoms with Gasteiger partial charge in [-0.1, -0.05) is 41.0 Å². The third-order valence-electron chi connectivity index (χ3n) is 4.38. The van der Waals surface area contributed by atoms with Crippen molar-refractivity contribution in [3.05, 3.63) is 82.4 Å². The van der Waals surface area contributed by atoms with E-state index in [2.05, 4.69) is 27.4 Å². The van der Waals surface area contributed by atoms with Gasteiger partial charge in [-0.25, -0.2) is 4.39 Å². The molecule has 2 aromatic carbocycles. The Labute approximate surface area is 204 Å². The van der Waals surface area contributed by atoms with E-state index in [-0.39, 0.29) is 23.4 Å². The van der Waals surface area contributed by atoms with Gasteiger partial charge in [0, 0.05) is 30.8 Å². The molecule has 0 saturated heterocycles. The second-order valence-electron chi connectivity index (χ2n) is 6.78. The van der Waals surface area contributed by atoms with Gasteiger partial charge in [-0.15, -0.1) is 16.8 Å². The van der Waals surface area contributed by atoms with E-state index >= 15 is 0 Å². The van der Waals surface area contributed by atoms with Crippen LogP contribution >= 0.6 is 35.0 Å². The SMILES string of the molecule is C=CCn1c(CCNC(=O)c2ccc(Cl)c(Cl)c2)nnc1SCC(=O)Nc1ccc(F)cc1. The van der Waals surface area contributed by atoms with E-state index in [0.717, 1.165) is 0 Å². The van der Waals surface area contributed by atoms with Crippen molar-refractivity contribution in [1.82, 2.24) is 20.1 Å². The predicted molar refractivity (Wildman–Crippen MR) is 128 cm³/mol. The lowest BCUT2D eigenvalue weighted by Crippen LogP contribution is -2.26. The summed E-state index contributed by atoms with van der Waals surface area (Å²) in [7, 11) is 0. The first-order chi connectivity index (χ1) is 15.9. The Balaban J connectivity index is 1.55. The van der Waals surface area contributed by atoms with Gasteiger partial charge in [0.2, 0.25) is 5.91 Å². The molecular weight excluding hydrogens is 488 g/mol. The molecule has 7 nitrogen and oxygen atoms in total. The van der Waals surface area contributed by atoms with Gasteiger partial charge >= 0.3 is 0 Å². The number of allylic oxidation sites excluding steroid dienone is 1. The molecule has 0 radical (unpaired) electrons. The van der Waals surface area contributed by atoms with Gasteiger partial charge in [-0.05, 0) is 42.5 Å². The molecule has 1 heterocycles. The van der Waals surface area contributed by atoms with E-state index in [1.807, 2.05) is 4.57 Å². The molecule has 0 aliphatic carbocycles. The molecule has 3 aromatic rings. The number of nitrogens with one attached hydrogen (secondary N) is 2. The van der Waals surface area contributed by atoms with Crippen molar-refractivity contribution in [2.75, 3.05) is 17.6 Å². The number of hydrogen-bond donors (Lipinski definition) is 2. The normalized spacial score (nSPS) is 10.6. The zero-order valence-corrected chi connectivity index (χ0v) is 19.7. The van der Waals surface area contributed by atoms with Crippen molar-refractivity contribution >= 4 is 52.5 Å². The van der Waals surface area contributed by atoms with Gasteiger partial charge in [-0.2, -0.15) is 0 Å². The van der Waals surface area contributed by atoms with Crippen LogP contribution in [0.25, 0.3) is 0 Å². The lowest BCUT2D eigenvalue weighted by molar-refractivity contribution is -0.113. The number of benzene rings is 2. The van der Waals surface area contributed by atoms with Crippen LogP contribution in [0.4, 0.5) is 10.1 Å². The topological polar surface area (TPSA) is 88.9 Å². The minimum Gasteiger partial charge on any atom is -0.352 e. The molecule has 3 rings (SSSR count). The van der Waals surface area contributed by atoms with Crippen molar-refractivity contribution in [2.24, 2.45) is 0 Å². The zero-order valence-electron chi connectivity index (χ0n) is 17.4. The Morgan fingerprint density at radius 2 is 1.88 bits per heavy atom. The average Bonchev–Trinajstić information content (AvgIpc) is 3.17. The number of thioether (sulfide) groups is 1. The van der Waals surface area contributed by atoms with E-state index in [1.165, 1.54) is 42.1 Å². The number of aromatic nitrogens is 3. The molecule has 2 amide bonds. The van der Waals surface area contributed by atoms with Gasteiger partial charge in [0.25, 0.3) is 5.91 Å². The number of carbonyl (C=O) groups is 2. The van der Waals surface area contributed by atoms with Crippen molar-refractivity contribution in [3.63, 3.8) is 0 Å². The van der Waals surface area contributed by atoms with E-state index in [9.17, 15) is 14.0 Å². The Hall–Kier alpha value is -2.88. The highest BCUT2D eigenvalue weighted by Gasteiger charge is 2.14. The van der Waals surface area contributed by atoms with Crippen LogP contribution in [-0.4, -0.2) is 38.9 Å². The zero-order chi connectivity index (χ0) is 23.8. The first-order valence-corrected chi connectivity index (χ1v) is 11.6. The third-order valence-corrected chi connectivity index (χ3v) is 6.09. The smallest absolute Gasteiger partial charge is 0.251 e. The molecule has 0 spiro atoms. The van der Waals surface area contributed by atoms with Crippen molar-refractivity contribution in [3.8, 4) is 0 Å². The van der Waals surface area contributed by atoms with Gasteiger partial charge in [0.1, 0.15) is 11.6 Å². The molecule has 0 atom stereocenters. The molecule has 0 aliphatic heterocycles. The molecule has 0 bridgehead atoms. The van der Waals surface area contributed by atoms with Gasteiger partial charge < -0.3 is 15.2 Å². The molecule has 0 saturated carbocycles. The first-order valence-electron chi connectivity index (χ1n) is 9.82. The van der Waals surface area contributed by atoms with Crippen molar-refractivity contribution in [2.45, 2.75) is 18.1 Å². The number of amides is 2. The summed E-state index contributed by atoms with van der Waals surface area (Å²) in [6.45, 7) is 4.52. The van der Waals surface area contributed by atoms with Crippen LogP contribution < -0.4 is 10.6 Å². The minimum atomic E-state index is -0.374. The van der Waals surface area contributed by atoms with E-state index in [0.29, 0.717) is 51.8 Å². The van der Waals surface area contributed by atoms with Crippen LogP contribution in [0.5, 0.6) is 0 Å². The fraction of sp³-hybridized carbons (Fsp3) is 0.182. The summed E-state index contributed by atoms with van der Waals surface area (Å²) in [5, 5.41) is 15.1. The lowest BCUT2D eigenvalue weighted by Gasteiger charge is -2.09. The quantitative estimate of drug-likeness (QED) is 0.309. The summed E-state index contributed by atoms with van der Waals surface area (Å²) < 4.78 is 14.8. The Morgan fingerprint density at radius 1 is 1.12 bits per heavy atom. The number of nitrogens with zero attached hydrogens (tertiary/aromatic N) is 3. The Morgan fingerprint density at radius 3 is 2.58 bits per heavy atom. The molecule has 172 valence electrons. The first kappa shape index (κ1) is 24.8. The predicted octanol–water partition coefficient (Wildman–Crippen LogP) is 4.61. The number of halogens is 3. The second kappa shape index (κ2) is 11.8. The standard InChI is InChI=1S/C22H20Cl2FN5O2S/c1-2-11-30-19(9-10-26-21(32)14-3-8-17(23)18(24)12-14)28-29-22(30)33-13-20(31)27-16-6-4-15(25)5-7-16/h2-8,12H,1,9-11,13H2,(H,26,32)(H,27,31). The molecule has 33 heavy (non-hydrogen) atoms. The third kappa shape index (κ3) is 7.05. The highest BCUT2D eigenvalue weighted by atomic mass is 35.5. The summed E-state index contributed by atoms with van der Waals surface area (Å²) in [5.74, 6) is -0.169. The highest BCUT2D eigenvalue weighted by molar-refractivity contribution is 7.99. The fourth-order valence-electron chi connectivity index (χ4n) is 2.81. The largest absolute Gasteiger partial charge is 0.352 e. The molecule has 0 aliphatic rings. The summed E-state index contributed by atoms with van der Waals surface area (Å²) in [4.78, 5) is 24.5. The summed E-state index contributed by atoms with van der Waals surface area (Å²) in [6, 6.07) is 10.2. The molecular formula is C22H20Cl2FN5O2S. The summed E-state index contributed by atoms with van der Waals surface area (Å²) in [5.41, 5.74) is 0.910. The van der Waals surface area contributed by atoms with Crippen LogP contribution in [0.2, 0.25) is 10.0 Å². The van der Waals surface area contributed by atoms with E-state index in [1.54, 1.807) is 18.2 Å². The number of anilines is 1. The Bertz CT molecular complexity index is 1150. The molecule has 0 fully saturated rings. The number of rotatable bonds is 10. The Kier molecular flexibility index (Phi) is 8.87. The fourth-order valence-corrected chi connectivity index (χ4v) is 3.88. The van der Waals surface area contributed by atoms with Crippen LogP contribution in [0.1, 0.15) is 16.2 Å². The average molecular weight is 508 g/mol. The van der Waals surface area contributed by atoms with Gasteiger partial charge in [0.15, 0.2) is 5.16 Å². The maximum Gasteiger partial charge on any atom is 0.251 e. The monoisotopic (exact) mass is 507 g/mol. The maximum absolute atomic E-state index is 13.0. The van der Waals surface area contributed by atoms with Crippen LogP contribution in [0.15, 0.2) is 60.3 Å². The maximum atomic E-state index is 13.0. The van der Waals surface area contributed by atoms with Crippen LogP contribution in [-0.2, 0) is 17.8 Å². The van der Waals surface area contributed by atoms with E-state index < -0.39 is 0 Å². The number of carbonyl (C=O) groups excluding carboxylic acids is 2. The van der Waals surface area contributed by atoms with E-state index in [4.69, 9.17) is 23.2 Å². The van der Waals surface area contributed by atoms with Crippen molar-refractivity contribution < 1.29 is 14.0 Å². The molecule has 1 aromatic heterocycles.